The quantitative estimate of drug-likeness (QED) is 0.205. The Morgan fingerprint density at radius 1 is 1.05 bits per heavy atom. The van der Waals surface area contributed by atoms with Crippen LogP contribution in [0, 0.1) is 29.1 Å². The fourth-order valence-corrected chi connectivity index (χ4v) is 9.65. The zero-order chi connectivity index (χ0) is 43.0. The van der Waals surface area contributed by atoms with Gasteiger partial charge in [0.1, 0.15) is 35.9 Å². The Labute approximate surface area is 351 Å². The highest BCUT2D eigenvalue weighted by Gasteiger charge is 2.60. The first-order valence-electron chi connectivity index (χ1n) is 21.8. The lowest BCUT2D eigenvalue weighted by Gasteiger charge is -2.48. The molecule has 1 spiro atoms. The van der Waals surface area contributed by atoms with Gasteiger partial charge in [-0.3, -0.25) is 9.59 Å². The lowest BCUT2D eigenvalue weighted by molar-refractivity contribution is -0.300. The van der Waals surface area contributed by atoms with E-state index in [2.05, 4.69) is 39.8 Å². The molecule has 0 amide bonds. The average Bonchev–Trinajstić information content (AvgIpc) is 3.51. The Kier molecular flexibility index (Phi) is 14.3. The maximum absolute atomic E-state index is 14.3. The second kappa shape index (κ2) is 18.3. The summed E-state index contributed by atoms with van der Waals surface area (Å²) in [6.45, 7) is 20.2. The second-order valence-corrected chi connectivity index (χ2v) is 19.3. The molecule has 0 aromatic rings. The summed E-state index contributed by atoms with van der Waals surface area (Å²) in [6.07, 6.45) is 10.4. The third-order valence-corrected chi connectivity index (χ3v) is 13.2. The predicted molar refractivity (Wildman–Crippen MR) is 221 cm³/mol. The molecule has 1 aliphatic carbocycles. The molecule has 3 saturated heterocycles. The van der Waals surface area contributed by atoms with E-state index in [-0.39, 0.29) is 54.4 Å². The zero-order valence-electron chi connectivity index (χ0n) is 37.1. The Morgan fingerprint density at radius 3 is 2.49 bits per heavy atom. The molecule has 0 radical (unpaired) electrons. The summed E-state index contributed by atoms with van der Waals surface area (Å²) in [4.78, 5) is 27.2. The molecule has 5 heterocycles. The smallest absolute Gasteiger partial charge is 0.316 e. The van der Waals surface area contributed by atoms with Crippen molar-refractivity contribution in [1.82, 2.24) is 0 Å². The van der Waals surface area contributed by atoms with Gasteiger partial charge in [-0.1, -0.05) is 91.3 Å². The minimum absolute atomic E-state index is 0.0324. The third kappa shape index (κ3) is 10.0. The number of carbonyl (C=O) groups excluding carboxylic acids is 2. The van der Waals surface area contributed by atoms with E-state index in [1.165, 1.54) is 0 Å². The topological polar surface area (TPSA) is 148 Å². The third-order valence-electron chi connectivity index (χ3n) is 13.2. The average molecular weight is 827 g/mol. The number of allylic oxidation sites excluding steroid dienone is 2. The van der Waals surface area contributed by atoms with Gasteiger partial charge in [-0.2, -0.15) is 0 Å². The van der Waals surface area contributed by atoms with Crippen molar-refractivity contribution in [3.8, 4) is 0 Å². The number of esters is 2. The summed E-state index contributed by atoms with van der Waals surface area (Å²) < 4.78 is 51.2. The summed E-state index contributed by atoms with van der Waals surface area (Å²) in [5, 5.41) is 23.6. The van der Waals surface area contributed by atoms with Crippen molar-refractivity contribution in [2.24, 2.45) is 29.1 Å². The summed E-state index contributed by atoms with van der Waals surface area (Å²) >= 11 is 0. The van der Waals surface area contributed by atoms with Crippen molar-refractivity contribution in [3.63, 3.8) is 0 Å². The number of ether oxygens (including phenoxy) is 8. The molecule has 6 rings (SSSR count). The van der Waals surface area contributed by atoms with Gasteiger partial charge in [-0.05, 0) is 61.3 Å². The number of aliphatic hydroxyl groups is 2. The maximum atomic E-state index is 14.3. The van der Waals surface area contributed by atoms with Crippen LogP contribution in [0.1, 0.15) is 108 Å². The fraction of sp³-hybridized carbons (Fsp3) is 0.745. The molecule has 12 nitrogen and oxygen atoms in total. The van der Waals surface area contributed by atoms with Crippen molar-refractivity contribution >= 4 is 11.9 Å². The van der Waals surface area contributed by atoms with Crippen LogP contribution in [0.25, 0.3) is 0 Å². The molecule has 2 N–H and O–H groups in total. The van der Waals surface area contributed by atoms with Crippen LogP contribution >= 0.6 is 0 Å². The van der Waals surface area contributed by atoms with Gasteiger partial charge >= 0.3 is 11.9 Å². The van der Waals surface area contributed by atoms with Gasteiger partial charge in [-0.25, -0.2) is 0 Å². The molecular weight excluding hydrogens is 757 g/mol. The van der Waals surface area contributed by atoms with Gasteiger partial charge in [0, 0.05) is 38.2 Å². The molecule has 0 aromatic heterocycles. The zero-order valence-corrected chi connectivity index (χ0v) is 37.1. The largest absolute Gasteiger partial charge is 0.462 e. The molecule has 3 fully saturated rings. The van der Waals surface area contributed by atoms with E-state index in [9.17, 15) is 19.8 Å². The van der Waals surface area contributed by atoms with Crippen molar-refractivity contribution in [2.75, 3.05) is 13.7 Å². The van der Waals surface area contributed by atoms with Gasteiger partial charge in [0.25, 0.3) is 0 Å². The first-order valence-corrected chi connectivity index (χ1v) is 21.8. The minimum Gasteiger partial charge on any atom is -0.462 e. The summed E-state index contributed by atoms with van der Waals surface area (Å²) in [5.74, 6) is -2.85. The van der Waals surface area contributed by atoms with Crippen LogP contribution in [-0.2, 0) is 47.5 Å². The highest BCUT2D eigenvalue weighted by molar-refractivity contribution is 5.78. The van der Waals surface area contributed by atoms with Crippen molar-refractivity contribution in [2.45, 2.75) is 180 Å². The fourth-order valence-electron chi connectivity index (χ4n) is 9.65. The Hall–Kier alpha value is -2.68. The number of carbonyl (C=O) groups is 2. The van der Waals surface area contributed by atoms with Crippen LogP contribution in [0.5, 0.6) is 0 Å². The maximum Gasteiger partial charge on any atom is 0.316 e. The minimum atomic E-state index is -1.83. The molecule has 12 heteroatoms. The van der Waals surface area contributed by atoms with Gasteiger partial charge in [0.15, 0.2) is 18.2 Å². The molecule has 2 bridgehead atoms. The van der Waals surface area contributed by atoms with Gasteiger partial charge < -0.3 is 48.1 Å². The summed E-state index contributed by atoms with van der Waals surface area (Å²) in [5.41, 5.74) is -0.0939. The number of hydrogen-bond donors (Lipinski definition) is 2. The molecule has 0 aromatic carbocycles. The van der Waals surface area contributed by atoms with Crippen molar-refractivity contribution in [3.05, 3.63) is 59.3 Å². The summed E-state index contributed by atoms with van der Waals surface area (Å²) in [7, 11) is 1.61. The molecule has 4 unspecified atom stereocenters. The first kappa shape index (κ1) is 45.8. The van der Waals surface area contributed by atoms with E-state index in [0.29, 0.717) is 36.8 Å². The highest BCUT2D eigenvalue weighted by atomic mass is 16.7. The Morgan fingerprint density at radius 2 is 1.80 bits per heavy atom. The van der Waals surface area contributed by atoms with Crippen molar-refractivity contribution < 1.29 is 57.7 Å². The molecule has 16 atom stereocenters. The lowest BCUT2D eigenvalue weighted by atomic mass is 9.71. The van der Waals surface area contributed by atoms with E-state index >= 15 is 0 Å². The number of methoxy groups -OCH3 is 1. The molecule has 59 heavy (non-hydrogen) atoms. The number of hydrogen-bond acceptors (Lipinski definition) is 12. The van der Waals surface area contributed by atoms with Gasteiger partial charge in [0.05, 0.1) is 37.4 Å². The standard InChI is InChI=1S/C47H70O12/c1-12-26(2)41-29(5)18-19-46(59-41)23-34-21-33(58-46)17-16-28(4)40(57-38-22-36(52-11)42(31(7)54-38)56-37(48)24-45(8,9)10)27(3)14-13-15-32-25-53-43-39(49)30(6)20-35(44(50)55-34)47(32,43)51/h13-16,18-20,26-27,29,31,33-36,38-43,49,51H,12,17,21-25H2,1-11H3/b14-13+,28-16+,32-15+/t26?,27-,29-,31-,33+,34-,35?,36-,38?,39+,40-,41+,42-,43+,46?,47+/m0/s1. The van der Waals surface area contributed by atoms with E-state index in [0.717, 1.165) is 12.0 Å². The van der Waals surface area contributed by atoms with Crippen molar-refractivity contribution in [1.29, 1.82) is 0 Å². The second-order valence-electron chi connectivity index (χ2n) is 19.3. The van der Waals surface area contributed by atoms with Crippen LogP contribution in [0.2, 0.25) is 0 Å². The van der Waals surface area contributed by atoms with E-state index in [4.69, 9.17) is 37.9 Å². The molecule has 6 aliphatic rings. The molecular formula is C47H70O12. The van der Waals surface area contributed by atoms with Gasteiger partial charge in [-0.15, -0.1) is 0 Å². The molecule has 0 saturated carbocycles. The summed E-state index contributed by atoms with van der Waals surface area (Å²) in [6, 6.07) is 0. The SMILES string of the molecule is CCC(C)[C@H]1OC2(C=C[C@@H]1C)C[C@@H]1C[C@@H](C/C=C(\C)[C@@H](OC3C[C@H](OC)[C@@H](OC(=O)CC(C)(C)C)[C@H](C)O3)[C@@H](C)/C=C/C=C3\CO[C@@H]4[C@H](O)C(C)=CC(C(=O)O1)[C@]34O)O2. The molecule has 330 valence electrons. The van der Waals surface area contributed by atoms with E-state index < -0.39 is 72.3 Å². The Bertz CT molecular complexity index is 1670. The lowest BCUT2D eigenvalue weighted by Crippen LogP contribution is -2.58. The highest BCUT2D eigenvalue weighted by Crippen LogP contribution is 2.47. The van der Waals surface area contributed by atoms with Crippen LogP contribution < -0.4 is 0 Å². The normalized spacial score (nSPS) is 44.6. The van der Waals surface area contributed by atoms with E-state index in [1.54, 1.807) is 26.2 Å². The molecule has 5 aliphatic heterocycles. The number of fused-ring (bicyclic) bond motifs is 2. The van der Waals surface area contributed by atoms with E-state index in [1.807, 2.05) is 52.8 Å². The van der Waals surface area contributed by atoms with Gasteiger partial charge in [0.2, 0.25) is 0 Å². The monoisotopic (exact) mass is 826 g/mol. The van der Waals surface area contributed by atoms with Crippen LogP contribution in [0.15, 0.2) is 59.3 Å². The predicted octanol–water partition coefficient (Wildman–Crippen LogP) is 6.83. The van der Waals surface area contributed by atoms with Crippen LogP contribution in [0.3, 0.4) is 0 Å². The number of aliphatic hydroxyl groups excluding tert-OH is 1. The van der Waals surface area contributed by atoms with Crippen LogP contribution in [0.4, 0.5) is 0 Å². The van der Waals surface area contributed by atoms with Crippen LogP contribution in [-0.4, -0.2) is 108 Å². The Balaban J connectivity index is 1.33. The number of rotatable bonds is 7. The first-order chi connectivity index (χ1) is 27.8.